The minimum Gasteiger partial charge on any atom is -0.495 e. The first-order valence-electron chi connectivity index (χ1n) is 6.13. The van der Waals surface area contributed by atoms with Crippen molar-refractivity contribution in [2.75, 3.05) is 12.4 Å². The summed E-state index contributed by atoms with van der Waals surface area (Å²) in [5.74, 6) is 0.441. The van der Waals surface area contributed by atoms with Crippen LogP contribution in [0.4, 0.5) is 5.69 Å². The van der Waals surface area contributed by atoms with Crippen LogP contribution in [0.15, 0.2) is 24.4 Å². The van der Waals surface area contributed by atoms with Gasteiger partial charge in [0.15, 0.2) is 0 Å². The van der Waals surface area contributed by atoms with Gasteiger partial charge in [-0.3, -0.25) is 9.48 Å². The number of halogens is 1. The number of benzene rings is 1. The summed E-state index contributed by atoms with van der Waals surface area (Å²) < 4.78 is 6.78. The Kier molecular flexibility index (Phi) is 4.29. The van der Waals surface area contributed by atoms with Gasteiger partial charge < -0.3 is 10.1 Å². The average molecular weight is 294 g/mol. The molecule has 0 saturated heterocycles. The number of nitrogens with one attached hydrogen (secondary N) is 1. The molecule has 0 aliphatic rings. The Morgan fingerprint density at radius 3 is 2.80 bits per heavy atom. The number of hydrogen-bond donors (Lipinski definition) is 1. The largest absolute Gasteiger partial charge is 0.495 e. The summed E-state index contributed by atoms with van der Waals surface area (Å²) in [5.41, 5.74) is 2.45. The van der Waals surface area contributed by atoms with Gasteiger partial charge in [0.25, 0.3) is 0 Å². The smallest absolute Gasteiger partial charge is 0.246 e. The summed E-state index contributed by atoms with van der Waals surface area (Å²) in [4.78, 5) is 12.1. The Hall–Kier alpha value is -2.01. The van der Waals surface area contributed by atoms with E-state index in [1.54, 1.807) is 11.8 Å². The topological polar surface area (TPSA) is 56.1 Å². The number of anilines is 1. The van der Waals surface area contributed by atoms with Crippen molar-refractivity contribution in [1.82, 2.24) is 9.78 Å². The molecule has 6 heteroatoms. The van der Waals surface area contributed by atoms with Gasteiger partial charge in [-0.05, 0) is 31.5 Å². The first kappa shape index (κ1) is 14.4. The minimum atomic E-state index is -0.184. The van der Waals surface area contributed by atoms with Gasteiger partial charge in [0.2, 0.25) is 5.91 Å². The second-order valence-electron chi connectivity index (χ2n) is 4.49. The minimum absolute atomic E-state index is 0.107. The van der Waals surface area contributed by atoms with Gasteiger partial charge in [-0.2, -0.15) is 5.10 Å². The maximum Gasteiger partial charge on any atom is 0.246 e. The third-order valence-corrected chi connectivity index (χ3v) is 3.34. The van der Waals surface area contributed by atoms with Crippen LogP contribution in [-0.4, -0.2) is 22.8 Å². The molecule has 0 fully saturated rings. The maximum absolute atomic E-state index is 12.1. The molecule has 1 aromatic heterocycles. The van der Waals surface area contributed by atoms with E-state index in [0.717, 1.165) is 11.3 Å². The molecule has 20 heavy (non-hydrogen) atoms. The summed E-state index contributed by atoms with van der Waals surface area (Å²) >= 11 is 5.91. The molecule has 5 nitrogen and oxygen atoms in total. The summed E-state index contributed by atoms with van der Waals surface area (Å²) in [7, 11) is 1.57. The summed E-state index contributed by atoms with van der Waals surface area (Å²) in [5, 5.41) is 7.42. The third kappa shape index (κ3) is 3.11. The van der Waals surface area contributed by atoms with Crippen LogP contribution in [-0.2, 0) is 11.3 Å². The maximum atomic E-state index is 12.1. The van der Waals surface area contributed by atoms with Gasteiger partial charge in [-0.1, -0.05) is 17.7 Å². The predicted molar refractivity (Wildman–Crippen MR) is 78.3 cm³/mol. The number of hydrogen-bond acceptors (Lipinski definition) is 3. The fraction of sp³-hybridized carbons (Fsp3) is 0.286. The van der Waals surface area contributed by atoms with Crippen LogP contribution in [0.25, 0.3) is 0 Å². The van der Waals surface area contributed by atoms with E-state index in [-0.39, 0.29) is 12.5 Å². The van der Waals surface area contributed by atoms with Crippen LogP contribution in [0.5, 0.6) is 5.75 Å². The van der Waals surface area contributed by atoms with E-state index < -0.39 is 0 Å². The lowest BCUT2D eigenvalue weighted by Crippen LogP contribution is -2.20. The van der Waals surface area contributed by atoms with Crippen LogP contribution in [0.3, 0.4) is 0 Å². The molecule has 0 radical (unpaired) electrons. The molecule has 0 aliphatic heterocycles. The van der Waals surface area contributed by atoms with E-state index in [2.05, 4.69) is 10.4 Å². The van der Waals surface area contributed by atoms with Crippen LogP contribution in [0, 0.1) is 13.8 Å². The van der Waals surface area contributed by atoms with Gasteiger partial charge in [0.1, 0.15) is 12.3 Å². The number of ether oxygens (including phenoxy) is 1. The fourth-order valence-electron chi connectivity index (χ4n) is 1.83. The second-order valence-corrected chi connectivity index (χ2v) is 4.89. The summed E-state index contributed by atoms with van der Waals surface area (Å²) in [6, 6.07) is 5.60. The lowest BCUT2D eigenvalue weighted by molar-refractivity contribution is -0.116. The molecule has 1 aromatic carbocycles. The number of methoxy groups -OCH3 is 1. The molecule has 2 aromatic rings. The number of nitrogens with zero attached hydrogens (tertiary/aromatic N) is 2. The highest BCUT2D eigenvalue weighted by atomic mass is 35.5. The molecule has 0 atom stereocenters. The van der Waals surface area contributed by atoms with Crippen LogP contribution in [0.1, 0.15) is 11.3 Å². The van der Waals surface area contributed by atoms with Gasteiger partial charge in [-0.15, -0.1) is 0 Å². The summed E-state index contributed by atoms with van der Waals surface area (Å²) in [6.07, 6.45) is 1.53. The van der Waals surface area contributed by atoms with E-state index in [1.807, 2.05) is 32.0 Å². The Bertz CT molecular complexity index is 637. The third-order valence-electron chi connectivity index (χ3n) is 2.97. The van der Waals surface area contributed by atoms with Gasteiger partial charge in [0, 0.05) is 0 Å². The van der Waals surface area contributed by atoms with Crippen molar-refractivity contribution in [3.8, 4) is 5.75 Å². The number of carbonyl (C=O) groups is 1. The zero-order valence-corrected chi connectivity index (χ0v) is 12.4. The zero-order valence-electron chi connectivity index (χ0n) is 11.6. The van der Waals surface area contributed by atoms with Crippen molar-refractivity contribution >= 4 is 23.2 Å². The standard InChI is InChI=1S/C14H16ClN3O2/c1-9-4-5-13(20-3)12(6-9)17-14(19)8-18-10(2)11(15)7-16-18/h4-7H,8H2,1-3H3,(H,17,19). The van der Waals surface area contributed by atoms with E-state index >= 15 is 0 Å². The van der Waals surface area contributed by atoms with Crippen molar-refractivity contribution in [2.45, 2.75) is 20.4 Å². The van der Waals surface area contributed by atoms with Gasteiger partial charge >= 0.3 is 0 Å². The van der Waals surface area contributed by atoms with E-state index in [9.17, 15) is 4.79 Å². The van der Waals surface area contributed by atoms with E-state index in [4.69, 9.17) is 16.3 Å². The predicted octanol–water partition coefficient (Wildman–Crippen LogP) is 2.80. The molecular weight excluding hydrogens is 278 g/mol. The molecule has 1 N–H and O–H groups in total. The molecule has 0 aliphatic carbocycles. The number of aromatic nitrogens is 2. The van der Waals surface area contributed by atoms with Crippen LogP contribution >= 0.6 is 11.6 Å². The van der Waals surface area contributed by atoms with Crippen molar-refractivity contribution in [1.29, 1.82) is 0 Å². The Morgan fingerprint density at radius 1 is 1.45 bits per heavy atom. The SMILES string of the molecule is COc1ccc(C)cc1NC(=O)Cn1ncc(Cl)c1C. The number of aryl methyl sites for hydroxylation is 1. The molecule has 0 spiro atoms. The second kappa shape index (κ2) is 5.96. The van der Waals surface area contributed by atoms with Crippen molar-refractivity contribution < 1.29 is 9.53 Å². The highest BCUT2D eigenvalue weighted by Crippen LogP contribution is 2.25. The molecule has 2 rings (SSSR count). The highest BCUT2D eigenvalue weighted by molar-refractivity contribution is 6.31. The lowest BCUT2D eigenvalue weighted by Gasteiger charge is -2.11. The normalized spacial score (nSPS) is 10.4. The first-order chi connectivity index (χ1) is 9.51. The van der Waals surface area contributed by atoms with E-state index in [1.165, 1.54) is 6.20 Å². The molecule has 0 bridgehead atoms. The molecule has 1 heterocycles. The first-order valence-corrected chi connectivity index (χ1v) is 6.51. The molecule has 0 saturated carbocycles. The van der Waals surface area contributed by atoms with Crippen LogP contribution in [0.2, 0.25) is 5.02 Å². The Morgan fingerprint density at radius 2 is 2.20 bits per heavy atom. The number of rotatable bonds is 4. The molecular formula is C14H16ClN3O2. The lowest BCUT2D eigenvalue weighted by atomic mass is 10.2. The van der Waals surface area contributed by atoms with Crippen molar-refractivity contribution in [3.63, 3.8) is 0 Å². The van der Waals surface area contributed by atoms with Gasteiger partial charge in [-0.25, -0.2) is 0 Å². The molecule has 106 valence electrons. The fourth-order valence-corrected chi connectivity index (χ4v) is 1.97. The zero-order chi connectivity index (χ0) is 14.7. The quantitative estimate of drug-likeness (QED) is 0.943. The Balaban J connectivity index is 2.12. The number of amides is 1. The highest BCUT2D eigenvalue weighted by Gasteiger charge is 2.11. The van der Waals surface area contributed by atoms with Crippen molar-refractivity contribution in [3.05, 3.63) is 40.7 Å². The van der Waals surface area contributed by atoms with Gasteiger partial charge in [0.05, 0.1) is 29.7 Å². The van der Waals surface area contributed by atoms with Crippen LogP contribution < -0.4 is 10.1 Å². The Labute approximate surface area is 122 Å². The van der Waals surface area contributed by atoms with Crippen molar-refractivity contribution in [2.24, 2.45) is 0 Å². The number of carbonyl (C=O) groups excluding carboxylic acids is 1. The molecule has 0 unspecified atom stereocenters. The molecule has 1 amide bonds. The summed E-state index contributed by atoms with van der Waals surface area (Å²) in [6.45, 7) is 3.87. The average Bonchev–Trinajstić information content (AvgIpc) is 2.71. The van der Waals surface area contributed by atoms with E-state index in [0.29, 0.717) is 16.5 Å². The monoisotopic (exact) mass is 293 g/mol.